The van der Waals surface area contributed by atoms with Crippen molar-refractivity contribution in [2.45, 2.75) is 18.5 Å². The molecule has 0 spiro atoms. The lowest BCUT2D eigenvalue weighted by atomic mass is 10.2. The lowest BCUT2D eigenvalue weighted by Gasteiger charge is -2.13. The largest absolute Gasteiger partial charge is 0.426 e. The van der Waals surface area contributed by atoms with E-state index in [9.17, 15) is 27.2 Å². The summed E-state index contributed by atoms with van der Waals surface area (Å²) in [7, 11) is 0. The first-order valence-electron chi connectivity index (χ1n) is 5.26. The van der Waals surface area contributed by atoms with Crippen molar-refractivity contribution in [2.24, 2.45) is 0 Å². The average molecular weight is 407 g/mol. The first-order chi connectivity index (χ1) is 9.16. The van der Waals surface area contributed by atoms with Gasteiger partial charge in [-0.05, 0) is 6.07 Å². The Balaban J connectivity index is 2.59. The van der Waals surface area contributed by atoms with Crippen molar-refractivity contribution < 1.29 is 27.2 Å². The van der Waals surface area contributed by atoms with E-state index in [0.717, 1.165) is 0 Å². The van der Waals surface area contributed by atoms with E-state index in [1.54, 1.807) is 22.6 Å². The SMILES string of the molecule is On1c(C(F)(F)CCI)nc2ncc(C(F)(F)F)cc21. The zero-order valence-corrected chi connectivity index (χ0v) is 11.8. The number of aromatic nitrogens is 3. The van der Waals surface area contributed by atoms with Gasteiger partial charge in [0.05, 0.1) is 5.56 Å². The minimum Gasteiger partial charge on any atom is -0.426 e. The van der Waals surface area contributed by atoms with Crippen LogP contribution in [-0.4, -0.2) is 24.3 Å². The minimum atomic E-state index is -4.68. The molecule has 0 aromatic carbocycles. The van der Waals surface area contributed by atoms with E-state index in [2.05, 4.69) is 9.97 Å². The summed E-state index contributed by atoms with van der Waals surface area (Å²) in [6.45, 7) is 0. The van der Waals surface area contributed by atoms with Crippen LogP contribution in [0.25, 0.3) is 11.2 Å². The fourth-order valence-corrected chi connectivity index (χ4v) is 2.25. The number of pyridine rings is 1. The molecule has 0 aliphatic rings. The zero-order valence-electron chi connectivity index (χ0n) is 9.63. The first-order valence-corrected chi connectivity index (χ1v) is 6.78. The maximum atomic E-state index is 13.7. The van der Waals surface area contributed by atoms with Crippen molar-refractivity contribution in [3.8, 4) is 0 Å². The molecule has 0 saturated carbocycles. The standard InChI is InChI=1S/C10H7F5IN3O/c11-9(12,1-2-16)8-18-7-6(19(8)20)3-5(4-17-7)10(13,14)15/h3-4,20H,1-2H2. The van der Waals surface area contributed by atoms with Crippen LogP contribution in [0.2, 0.25) is 0 Å². The van der Waals surface area contributed by atoms with Gasteiger partial charge in [-0.1, -0.05) is 22.6 Å². The van der Waals surface area contributed by atoms with Crippen molar-refractivity contribution >= 4 is 33.8 Å². The molecule has 2 rings (SSSR count). The molecule has 10 heteroatoms. The summed E-state index contributed by atoms with van der Waals surface area (Å²) in [4.78, 5) is 6.76. The fraction of sp³-hybridized carbons (Fsp3) is 0.400. The van der Waals surface area contributed by atoms with Crippen LogP contribution in [0.1, 0.15) is 17.8 Å². The number of hydrogen-bond donors (Lipinski definition) is 1. The predicted octanol–water partition coefficient (Wildman–Crippen LogP) is 3.60. The second kappa shape index (κ2) is 4.97. The van der Waals surface area contributed by atoms with E-state index in [1.807, 2.05) is 0 Å². The molecule has 0 unspecified atom stereocenters. The molecule has 2 aromatic heterocycles. The molecule has 0 bridgehead atoms. The highest BCUT2D eigenvalue weighted by molar-refractivity contribution is 14.1. The number of rotatable bonds is 3. The Morgan fingerprint density at radius 1 is 1.25 bits per heavy atom. The molecule has 0 radical (unpaired) electrons. The molecule has 4 nitrogen and oxygen atoms in total. The normalized spacial score (nSPS) is 13.1. The topological polar surface area (TPSA) is 50.9 Å². The maximum absolute atomic E-state index is 13.7. The molecule has 0 aliphatic heterocycles. The molecule has 0 atom stereocenters. The van der Waals surface area contributed by atoms with Crippen LogP contribution < -0.4 is 0 Å². The number of fused-ring (bicyclic) bond motifs is 1. The first kappa shape index (κ1) is 15.2. The van der Waals surface area contributed by atoms with Gasteiger partial charge in [-0.25, -0.2) is 9.97 Å². The van der Waals surface area contributed by atoms with E-state index in [0.29, 0.717) is 12.3 Å². The molecule has 0 saturated heterocycles. The smallest absolute Gasteiger partial charge is 0.417 e. The van der Waals surface area contributed by atoms with Crippen LogP contribution in [0.4, 0.5) is 22.0 Å². The van der Waals surface area contributed by atoms with Crippen LogP contribution in [0, 0.1) is 0 Å². The van der Waals surface area contributed by atoms with E-state index >= 15 is 0 Å². The summed E-state index contributed by atoms with van der Waals surface area (Å²) in [5.41, 5.74) is -2.03. The van der Waals surface area contributed by atoms with Gasteiger partial charge in [0.1, 0.15) is 5.52 Å². The fourth-order valence-electron chi connectivity index (χ4n) is 1.57. The second-order valence-corrected chi connectivity index (χ2v) is 5.03. The van der Waals surface area contributed by atoms with Crippen LogP contribution in [-0.2, 0) is 12.1 Å². The summed E-state index contributed by atoms with van der Waals surface area (Å²) in [6.07, 6.45) is -4.80. The number of nitrogens with zero attached hydrogens (tertiary/aromatic N) is 3. The highest BCUT2D eigenvalue weighted by atomic mass is 127. The van der Waals surface area contributed by atoms with Crippen molar-refractivity contribution in [2.75, 3.05) is 4.43 Å². The van der Waals surface area contributed by atoms with Gasteiger partial charge in [0.15, 0.2) is 5.65 Å². The Hall–Kier alpha value is -1.20. The van der Waals surface area contributed by atoms with Gasteiger partial charge in [0.2, 0.25) is 5.82 Å². The molecule has 2 heterocycles. The molecule has 0 fully saturated rings. The van der Waals surface area contributed by atoms with Gasteiger partial charge in [-0.15, -0.1) is 0 Å². The van der Waals surface area contributed by atoms with E-state index in [-0.39, 0.29) is 14.8 Å². The molecule has 110 valence electrons. The van der Waals surface area contributed by atoms with Crippen LogP contribution in [0.5, 0.6) is 0 Å². The van der Waals surface area contributed by atoms with Gasteiger partial charge in [-0.2, -0.15) is 26.7 Å². The highest BCUT2D eigenvalue weighted by Crippen LogP contribution is 2.35. The Labute approximate surface area is 122 Å². The quantitative estimate of drug-likeness (QED) is 0.366. The van der Waals surface area contributed by atoms with Crippen LogP contribution in [0.15, 0.2) is 12.3 Å². The zero-order chi connectivity index (χ0) is 15.1. The van der Waals surface area contributed by atoms with Crippen molar-refractivity contribution in [3.05, 3.63) is 23.7 Å². The molecule has 0 aliphatic carbocycles. The number of halogens is 6. The van der Waals surface area contributed by atoms with Gasteiger partial charge < -0.3 is 5.21 Å². The highest BCUT2D eigenvalue weighted by Gasteiger charge is 2.38. The Morgan fingerprint density at radius 3 is 2.45 bits per heavy atom. The third kappa shape index (κ3) is 2.65. The third-order valence-corrected chi connectivity index (χ3v) is 3.09. The average Bonchev–Trinajstić information content (AvgIpc) is 2.66. The van der Waals surface area contributed by atoms with E-state index in [4.69, 9.17) is 0 Å². The van der Waals surface area contributed by atoms with Crippen molar-refractivity contribution in [1.82, 2.24) is 14.7 Å². The summed E-state index contributed by atoms with van der Waals surface area (Å²) >= 11 is 1.72. The van der Waals surface area contributed by atoms with Crippen LogP contribution in [0.3, 0.4) is 0 Å². The lowest BCUT2D eigenvalue weighted by molar-refractivity contribution is -0.137. The molecular formula is C10H7F5IN3O. The van der Waals surface area contributed by atoms with Gasteiger partial charge in [0.25, 0.3) is 0 Å². The van der Waals surface area contributed by atoms with Gasteiger partial charge >= 0.3 is 12.1 Å². The second-order valence-electron chi connectivity index (χ2n) is 3.96. The maximum Gasteiger partial charge on any atom is 0.417 e. The molecule has 2 aromatic rings. The summed E-state index contributed by atoms with van der Waals surface area (Å²) in [6, 6.07) is 0.527. The number of alkyl halides is 6. The van der Waals surface area contributed by atoms with Gasteiger partial charge in [0, 0.05) is 17.0 Å². The number of imidazole rings is 1. The molecule has 0 amide bonds. The summed E-state index contributed by atoms with van der Waals surface area (Å²) in [5.74, 6) is -4.47. The molecule has 20 heavy (non-hydrogen) atoms. The Kier molecular flexibility index (Phi) is 3.77. The molecule has 1 N–H and O–H groups in total. The number of hydrogen-bond acceptors (Lipinski definition) is 3. The van der Waals surface area contributed by atoms with Crippen LogP contribution >= 0.6 is 22.6 Å². The third-order valence-electron chi connectivity index (χ3n) is 2.55. The Morgan fingerprint density at radius 2 is 1.90 bits per heavy atom. The van der Waals surface area contributed by atoms with Gasteiger partial charge in [-0.3, -0.25) is 0 Å². The summed E-state index contributed by atoms with van der Waals surface area (Å²) < 4.78 is 65.0. The van der Waals surface area contributed by atoms with E-state index in [1.165, 1.54) is 0 Å². The molecular weight excluding hydrogens is 400 g/mol. The predicted molar refractivity (Wildman–Crippen MR) is 67.1 cm³/mol. The Bertz CT molecular complexity index is 640. The monoisotopic (exact) mass is 407 g/mol. The van der Waals surface area contributed by atoms with Crippen molar-refractivity contribution in [3.63, 3.8) is 0 Å². The van der Waals surface area contributed by atoms with E-state index < -0.39 is 35.4 Å². The lowest BCUT2D eigenvalue weighted by Crippen LogP contribution is -2.19. The van der Waals surface area contributed by atoms with Crippen molar-refractivity contribution in [1.29, 1.82) is 0 Å². The minimum absolute atomic E-state index is 0.0378. The summed E-state index contributed by atoms with van der Waals surface area (Å²) in [5, 5.41) is 9.61.